The molecule has 1 saturated heterocycles. The predicted octanol–water partition coefficient (Wildman–Crippen LogP) is 2.16. The Morgan fingerprint density at radius 1 is 1.04 bits per heavy atom. The number of sulfonamides is 1. The first kappa shape index (κ1) is 20.0. The molecule has 2 atom stereocenters. The number of esters is 2. The summed E-state index contributed by atoms with van der Waals surface area (Å²) in [6.07, 6.45) is -0.715. The van der Waals surface area contributed by atoms with E-state index in [0.29, 0.717) is 5.56 Å². The monoisotopic (exact) mass is 403 g/mol. The highest BCUT2D eigenvalue weighted by Crippen LogP contribution is 2.29. The van der Waals surface area contributed by atoms with Crippen LogP contribution in [-0.2, 0) is 24.3 Å². The largest absolute Gasteiger partial charge is 0.468 e. The van der Waals surface area contributed by atoms with E-state index in [2.05, 4.69) is 0 Å². The van der Waals surface area contributed by atoms with Gasteiger partial charge in [0.2, 0.25) is 10.0 Å². The van der Waals surface area contributed by atoms with Crippen LogP contribution in [0.15, 0.2) is 59.5 Å². The first-order valence-electron chi connectivity index (χ1n) is 8.75. The molecule has 1 fully saturated rings. The van der Waals surface area contributed by atoms with E-state index >= 15 is 0 Å². The van der Waals surface area contributed by atoms with Crippen LogP contribution in [-0.4, -0.2) is 50.5 Å². The third-order valence-corrected chi connectivity index (χ3v) is 6.49. The molecule has 1 heterocycles. The number of carbonyl (C=O) groups is 2. The van der Waals surface area contributed by atoms with Crippen LogP contribution >= 0.6 is 0 Å². The molecule has 0 radical (unpaired) electrons. The fourth-order valence-corrected chi connectivity index (χ4v) is 4.73. The van der Waals surface area contributed by atoms with Gasteiger partial charge in [0.15, 0.2) is 0 Å². The van der Waals surface area contributed by atoms with Crippen molar-refractivity contribution in [3.8, 4) is 0 Å². The lowest BCUT2D eigenvalue weighted by Gasteiger charge is -2.21. The number of nitrogens with zero attached hydrogens (tertiary/aromatic N) is 1. The van der Waals surface area contributed by atoms with Crippen molar-refractivity contribution in [1.29, 1.82) is 0 Å². The molecule has 8 heteroatoms. The summed E-state index contributed by atoms with van der Waals surface area (Å²) < 4.78 is 37.4. The van der Waals surface area contributed by atoms with Gasteiger partial charge in [-0.05, 0) is 31.2 Å². The van der Waals surface area contributed by atoms with Gasteiger partial charge in [0.05, 0.1) is 24.1 Å². The van der Waals surface area contributed by atoms with Crippen LogP contribution < -0.4 is 0 Å². The summed E-state index contributed by atoms with van der Waals surface area (Å²) in [6.45, 7) is 1.73. The standard InChI is InChI=1S/C20H21NO6S/c1-14-8-10-17(11-9-14)28(24,25)21-13-16(12-18(21)20(23)26-2)27-19(22)15-6-4-3-5-7-15/h3-11,16,18H,12-13H2,1-2H3/t16-,18+/m1/s1. The van der Waals surface area contributed by atoms with Gasteiger partial charge in [-0.3, -0.25) is 4.79 Å². The summed E-state index contributed by atoms with van der Waals surface area (Å²) in [5.74, 6) is -1.25. The third kappa shape index (κ3) is 4.07. The minimum atomic E-state index is -3.95. The van der Waals surface area contributed by atoms with E-state index in [4.69, 9.17) is 9.47 Å². The van der Waals surface area contributed by atoms with Crippen LogP contribution in [0.5, 0.6) is 0 Å². The van der Waals surface area contributed by atoms with Crippen molar-refractivity contribution in [3.05, 3.63) is 65.7 Å². The predicted molar refractivity (Wildman–Crippen MR) is 101 cm³/mol. The molecule has 1 aliphatic heterocycles. The van der Waals surface area contributed by atoms with Gasteiger partial charge in [-0.2, -0.15) is 4.31 Å². The number of rotatable bonds is 5. The fourth-order valence-electron chi connectivity index (χ4n) is 3.11. The van der Waals surface area contributed by atoms with Crippen LogP contribution in [0.25, 0.3) is 0 Å². The molecular formula is C20H21NO6S. The van der Waals surface area contributed by atoms with E-state index in [-0.39, 0.29) is 17.9 Å². The van der Waals surface area contributed by atoms with E-state index in [9.17, 15) is 18.0 Å². The summed E-state index contributed by atoms with van der Waals surface area (Å²) in [6, 6.07) is 13.7. The zero-order chi connectivity index (χ0) is 20.3. The molecule has 0 N–H and O–H groups in total. The molecule has 148 valence electrons. The van der Waals surface area contributed by atoms with Crippen molar-refractivity contribution >= 4 is 22.0 Å². The third-order valence-electron chi connectivity index (χ3n) is 4.60. The second kappa shape index (κ2) is 8.12. The average molecular weight is 403 g/mol. The second-order valence-corrected chi connectivity index (χ2v) is 8.45. The second-order valence-electron chi connectivity index (χ2n) is 6.56. The van der Waals surface area contributed by atoms with Crippen LogP contribution in [0.3, 0.4) is 0 Å². The fraction of sp³-hybridized carbons (Fsp3) is 0.300. The molecule has 0 saturated carbocycles. The van der Waals surface area contributed by atoms with Crippen molar-refractivity contribution in [1.82, 2.24) is 4.31 Å². The summed E-state index contributed by atoms with van der Waals surface area (Å²) >= 11 is 0. The number of hydrogen-bond acceptors (Lipinski definition) is 6. The number of hydrogen-bond donors (Lipinski definition) is 0. The van der Waals surface area contributed by atoms with Crippen LogP contribution in [0.1, 0.15) is 22.3 Å². The van der Waals surface area contributed by atoms with Crippen molar-refractivity contribution in [2.45, 2.75) is 30.4 Å². The number of benzene rings is 2. The molecule has 0 bridgehead atoms. The first-order valence-corrected chi connectivity index (χ1v) is 10.2. The molecular weight excluding hydrogens is 382 g/mol. The molecule has 1 aliphatic rings. The minimum absolute atomic E-state index is 0.0380. The van der Waals surface area contributed by atoms with E-state index < -0.39 is 34.1 Å². The summed E-state index contributed by atoms with van der Waals surface area (Å²) in [5.41, 5.74) is 1.27. The zero-order valence-electron chi connectivity index (χ0n) is 15.6. The van der Waals surface area contributed by atoms with E-state index in [0.717, 1.165) is 9.87 Å². The minimum Gasteiger partial charge on any atom is -0.468 e. The lowest BCUT2D eigenvalue weighted by molar-refractivity contribution is -0.144. The van der Waals surface area contributed by atoms with Crippen molar-refractivity contribution in [2.24, 2.45) is 0 Å². The summed E-state index contributed by atoms with van der Waals surface area (Å²) in [4.78, 5) is 24.6. The van der Waals surface area contributed by atoms with Gasteiger partial charge < -0.3 is 9.47 Å². The van der Waals surface area contributed by atoms with Crippen LogP contribution in [0.2, 0.25) is 0 Å². The lowest BCUT2D eigenvalue weighted by Crippen LogP contribution is -2.41. The molecule has 2 aromatic rings. The Bertz CT molecular complexity index is 956. The maximum absolute atomic E-state index is 13.1. The summed E-state index contributed by atoms with van der Waals surface area (Å²) in [7, 11) is -2.76. The SMILES string of the molecule is COC(=O)[C@@H]1C[C@@H](OC(=O)c2ccccc2)CN1S(=O)(=O)c1ccc(C)cc1. The number of aryl methyl sites for hydroxylation is 1. The van der Waals surface area contributed by atoms with Gasteiger partial charge in [-0.15, -0.1) is 0 Å². The average Bonchev–Trinajstić information content (AvgIpc) is 3.13. The van der Waals surface area contributed by atoms with Gasteiger partial charge >= 0.3 is 11.9 Å². The van der Waals surface area contributed by atoms with Gasteiger partial charge in [-0.1, -0.05) is 35.9 Å². The van der Waals surface area contributed by atoms with Crippen LogP contribution in [0.4, 0.5) is 0 Å². The molecule has 3 rings (SSSR count). The number of carbonyl (C=O) groups excluding carboxylic acids is 2. The molecule has 2 aromatic carbocycles. The lowest BCUT2D eigenvalue weighted by atomic mass is 10.2. The van der Waals surface area contributed by atoms with Gasteiger partial charge in [0.1, 0.15) is 12.1 Å². The number of methoxy groups -OCH3 is 1. The molecule has 0 aromatic heterocycles. The van der Waals surface area contributed by atoms with Crippen molar-refractivity contribution < 1.29 is 27.5 Å². The molecule has 7 nitrogen and oxygen atoms in total. The summed E-state index contributed by atoms with van der Waals surface area (Å²) in [5, 5.41) is 0. The highest BCUT2D eigenvalue weighted by molar-refractivity contribution is 7.89. The Labute approximate surface area is 163 Å². The highest BCUT2D eigenvalue weighted by atomic mass is 32.2. The van der Waals surface area contributed by atoms with Gasteiger partial charge in [0.25, 0.3) is 0 Å². The maximum atomic E-state index is 13.1. The van der Waals surface area contributed by atoms with Gasteiger partial charge in [0, 0.05) is 6.42 Å². The topological polar surface area (TPSA) is 90.0 Å². The normalized spacial score (nSPS) is 19.9. The molecule has 0 aliphatic carbocycles. The Morgan fingerprint density at radius 2 is 1.68 bits per heavy atom. The Morgan fingerprint density at radius 3 is 2.29 bits per heavy atom. The molecule has 0 spiro atoms. The van der Waals surface area contributed by atoms with E-state index in [1.807, 2.05) is 6.92 Å². The quantitative estimate of drug-likeness (QED) is 0.711. The zero-order valence-corrected chi connectivity index (χ0v) is 16.4. The maximum Gasteiger partial charge on any atom is 0.338 e. The molecule has 0 amide bonds. The Kier molecular flexibility index (Phi) is 5.81. The highest BCUT2D eigenvalue weighted by Gasteiger charge is 2.46. The Hall–Kier alpha value is -2.71. The van der Waals surface area contributed by atoms with E-state index in [1.54, 1.807) is 42.5 Å². The first-order chi connectivity index (χ1) is 13.3. The van der Waals surface area contributed by atoms with Gasteiger partial charge in [-0.25, -0.2) is 13.2 Å². The van der Waals surface area contributed by atoms with Crippen molar-refractivity contribution in [3.63, 3.8) is 0 Å². The smallest absolute Gasteiger partial charge is 0.338 e. The number of ether oxygens (including phenoxy) is 2. The Balaban J connectivity index is 1.84. The molecule has 28 heavy (non-hydrogen) atoms. The molecule has 0 unspecified atom stereocenters. The van der Waals surface area contributed by atoms with E-state index in [1.165, 1.54) is 19.2 Å². The van der Waals surface area contributed by atoms with Crippen LogP contribution in [0, 0.1) is 6.92 Å². The van der Waals surface area contributed by atoms with Crippen molar-refractivity contribution in [2.75, 3.05) is 13.7 Å².